The molecule has 0 spiro atoms. The Morgan fingerprint density at radius 2 is 1.58 bits per heavy atom. The number of amides is 2. The molecule has 0 saturated heterocycles. The zero-order chi connectivity index (χ0) is 20.1. The summed E-state index contributed by atoms with van der Waals surface area (Å²) in [6, 6.07) is 0.807. The Kier molecular flexibility index (Phi) is 6.88. The molecular weight excluding hydrogens is 350 g/mol. The predicted octanol–water partition coefficient (Wildman–Crippen LogP) is 4.25. The second kappa shape index (κ2) is 8.29. The van der Waals surface area contributed by atoms with E-state index in [0.29, 0.717) is 4.90 Å². The zero-order valence-corrected chi connectivity index (χ0v) is 15.8. The number of carbonyl (C=O) groups is 2. The van der Waals surface area contributed by atoms with E-state index in [2.05, 4.69) is 4.98 Å². The van der Waals surface area contributed by atoms with Crippen LogP contribution in [0.4, 0.5) is 24.2 Å². The van der Waals surface area contributed by atoms with Crippen LogP contribution in [-0.2, 0) is 9.47 Å². The molecule has 1 aromatic rings. The number of imide groups is 1. The first-order chi connectivity index (χ1) is 11.8. The molecule has 1 heterocycles. The monoisotopic (exact) mass is 374 g/mol. The van der Waals surface area contributed by atoms with Crippen molar-refractivity contribution in [2.45, 2.75) is 52.7 Å². The van der Waals surface area contributed by atoms with Crippen molar-refractivity contribution >= 4 is 18.0 Å². The highest BCUT2D eigenvalue weighted by Crippen LogP contribution is 2.24. The molecule has 0 unspecified atom stereocenters. The molecule has 0 aromatic carbocycles. The van der Waals surface area contributed by atoms with E-state index < -0.39 is 35.9 Å². The molecular formula is C17H24F2N2O5. The molecule has 0 aliphatic carbocycles. The molecule has 0 atom stereocenters. The molecule has 26 heavy (non-hydrogen) atoms. The van der Waals surface area contributed by atoms with Crippen molar-refractivity contribution in [3.8, 4) is 5.75 Å². The van der Waals surface area contributed by atoms with Gasteiger partial charge in [0.1, 0.15) is 24.5 Å². The normalized spacial score (nSPS) is 11.7. The van der Waals surface area contributed by atoms with Crippen LogP contribution in [0.3, 0.4) is 0 Å². The van der Waals surface area contributed by atoms with Gasteiger partial charge in [-0.3, -0.25) is 0 Å². The first-order valence-electron chi connectivity index (χ1n) is 7.94. The topological polar surface area (TPSA) is 78.0 Å². The van der Waals surface area contributed by atoms with E-state index in [0.717, 1.165) is 12.3 Å². The van der Waals surface area contributed by atoms with Crippen LogP contribution in [0.1, 0.15) is 41.5 Å². The van der Waals surface area contributed by atoms with Gasteiger partial charge in [-0.25, -0.2) is 23.4 Å². The summed E-state index contributed by atoms with van der Waals surface area (Å²) in [5.74, 6) is -1.57. The van der Waals surface area contributed by atoms with E-state index in [4.69, 9.17) is 14.2 Å². The number of alkyl halides is 1. The van der Waals surface area contributed by atoms with Crippen molar-refractivity contribution in [2.24, 2.45) is 0 Å². The first-order valence-corrected chi connectivity index (χ1v) is 7.94. The highest BCUT2D eigenvalue weighted by Gasteiger charge is 2.34. The average molecular weight is 374 g/mol. The van der Waals surface area contributed by atoms with Gasteiger partial charge in [-0.1, -0.05) is 0 Å². The largest absolute Gasteiger partial charge is 0.486 e. The highest BCUT2D eigenvalue weighted by molar-refractivity contribution is 6.08. The summed E-state index contributed by atoms with van der Waals surface area (Å²) in [7, 11) is 0. The van der Waals surface area contributed by atoms with Crippen LogP contribution in [0.25, 0.3) is 0 Å². The standard InChI is InChI=1S/C17H24F2N2O5/c1-16(2,3)25-14(22)21(15(23)26-17(4,5)6)13-9-11(19)12(10-20-13)24-8-7-18/h9-10H,7-8H2,1-6H3. The van der Waals surface area contributed by atoms with Crippen molar-refractivity contribution in [2.75, 3.05) is 18.2 Å². The van der Waals surface area contributed by atoms with Crippen LogP contribution in [0.2, 0.25) is 0 Å². The van der Waals surface area contributed by atoms with Gasteiger partial charge in [-0.05, 0) is 41.5 Å². The third-order valence-corrected chi connectivity index (χ3v) is 2.52. The van der Waals surface area contributed by atoms with Gasteiger partial charge in [0.05, 0.1) is 6.20 Å². The Morgan fingerprint density at radius 3 is 1.96 bits per heavy atom. The maximum atomic E-state index is 14.1. The molecule has 0 saturated carbocycles. The van der Waals surface area contributed by atoms with Crippen LogP contribution < -0.4 is 9.64 Å². The second-order valence-corrected chi connectivity index (χ2v) is 7.31. The lowest BCUT2D eigenvalue weighted by atomic mass is 10.2. The van der Waals surface area contributed by atoms with Crippen LogP contribution in [-0.4, -0.2) is 41.7 Å². The number of nitrogens with zero attached hydrogens (tertiary/aromatic N) is 2. The summed E-state index contributed by atoms with van der Waals surface area (Å²) in [5, 5.41) is 0. The van der Waals surface area contributed by atoms with Crippen LogP contribution in [0.15, 0.2) is 12.3 Å². The van der Waals surface area contributed by atoms with Gasteiger partial charge in [0, 0.05) is 6.07 Å². The Labute approximate surface area is 151 Å². The van der Waals surface area contributed by atoms with E-state index in [1.807, 2.05) is 0 Å². The molecule has 7 nitrogen and oxygen atoms in total. The quantitative estimate of drug-likeness (QED) is 0.784. The smallest absolute Gasteiger partial charge is 0.425 e. The fourth-order valence-electron chi connectivity index (χ4n) is 1.66. The number of aromatic nitrogens is 1. The van der Waals surface area contributed by atoms with E-state index >= 15 is 0 Å². The molecule has 1 aromatic heterocycles. The Balaban J connectivity index is 3.21. The van der Waals surface area contributed by atoms with Gasteiger partial charge in [-0.15, -0.1) is 0 Å². The predicted molar refractivity (Wildman–Crippen MR) is 90.6 cm³/mol. The second-order valence-electron chi connectivity index (χ2n) is 7.31. The summed E-state index contributed by atoms with van der Waals surface area (Å²) in [5.41, 5.74) is -1.81. The number of hydrogen-bond acceptors (Lipinski definition) is 6. The van der Waals surface area contributed by atoms with Crippen molar-refractivity contribution in [1.29, 1.82) is 0 Å². The fourth-order valence-corrected chi connectivity index (χ4v) is 1.66. The molecule has 0 aliphatic heterocycles. The molecule has 0 fully saturated rings. The number of halogens is 2. The van der Waals surface area contributed by atoms with Gasteiger partial charge in [0.15, 0.2) is 17.4 Å². The van der Waals surface area contributed by atoms with Crippen molar-refractivity contribution in [3.05, 3.63) is 18.1 Å². The molecule has 146 valence electrons. The minimum Gasteiger partial charge on any atom is -0.486 e. The Bertz CT molecular complexity index is 626. The van der Waals surface area contributed by atoms with Gasteiger partial charge in [0.2, 0.25) is 0 Å². The van der Waals surface area contributed by atoms with E-state index in [-0.39, 0.29) is 18.2 Å². The minimum atomic E-state index is -1.07. The number of hydrogen-bond donors (Lipinski definition) is 0. The summed E-state index contributed by atoms with van der Waals surface area (Å²) >= 11 is 0. The molecule has 1 rings (SSSR count). The lowest BCUT2D eigenvalue weighted by Gasteiger charge is -2.28. The van der Waals surface area contributed by atoms with Gasteiger partial charge < -0.3 is 14.2 Å². The molecule has 0 bridgehead atoms. The number of pyridine rings is 1. The average Bonchev–Trinajstić information content (AvgIpc) is 2.42. The zero-order valence-electron chi connectivity index (χ0n) is 15.8. The number of anilines is 1. The van der Waals surface area contributed by atoms with Gasteiger partial charge in [0.25, 0.3) is 0 Å². The lowest BCUT2D eigenvalue weighted by Crippen LogP contribution is -2.44. The van der Waals surface area contributed by atoms with Crippen molar-refractivity contribution in [1.82, 2.24) is 4.98 Å². The maximum Gasteiger partial charge on any atom is 0.425 e. The fraction of sp³-hybridized carbons (Fsp3) is 0.588. The van der Waals surface area contributed by atoms with E-state index in [9.17, 15) is 18.4 Å². The maximum absolute atomic E-state index is 14.1. The molecule has 0 N–H and O–H groups in total. The van der Waals surface area contributed by atoms with E-state index in [1.54, 1.807) is 41.5 Å². The summed E-state index contributed by atoms with van der Waals surface area (Å²) in [6.45, 7) is 8.52. The molecule has 9 heteroatoms. The van der Waals surface area contributed by atoms with Crippen molar-refractivity contribution in [3.63, 3.8) is 0 Å². The number of carbonyl (C=O) groups excluding carboxylic acids is 2. The van der Waals surface area contributed by atoms with Crippen LogP contribution in [0, 0.1) is 5.82 Å². The van der Waals surface area contributed by atoms with Crippen LogP contribution >= 0.6 is 0 Å². The number of rotatable bonds is 4. The van der Waals surface area contributed by atoms with Crippen molar-refractivity contribution < 1.29 is 32.6 Å². The van der Waals surface area contributed by atoms with Gasteiger partial charge >= 0.3 is 12.2 Å². The molecule has 0 aliphatic rings. The third kappa shape index (κ3) is 6.81. The SMILES string of the molecule is CC(C)(C)OC(=O)N(C(=O)OC(C)(C)C)c1cc(F)c(OCCF)cn1. The summed E-state index contributed by atoms with van der Waals surface area (Å²) < 4.78 is 41.4. The van der Waals surface area contributed by atoms with Crippen LogP contribution in [0.5, 0.6) is 5.75 Å². The number of ether oxygens (including phenoxy) is 3. The highest BCUT2D eigenvalue weighted by atomic mass is 19.1. The summed E-state index contributed by atoms with van der Waals surface area (Å²) in [6.07, 6.45) is -1.20. The summed E-state index contributed by atoms with van der Waals surface area (Å²) in [4.78, 5) is 29.1. The molecule has 0 radical (unpaired) electrons. The van der Waals surface area contributed by atoms with Gasteiger partial charge in [-0.2, -0.15) is 4.90 Å². The Hall–Kier alpha value is -2.45. The van der Waals surface area contributed by atoms with E-state index in [1.165, 1.54) is 0 Å². The first kappa shape index (κ1) is 21.6. The lowest BCUT2D eigenvalue weighted by molar-refractivity contribution is 0.0429. The molecule has 2 amide bonds. The minimum absolute atomic E-state index is 0.306. The Morgan fingerprint density at radius 1 is 1.08 bits per heavy atom. The third-order valence-electron chi connectivity index (χ3n) is 2.52.